The van der Waals surface area contributed by atoms with E-state index in [1.54, 1.807) is 0 Å². The van der Waals surface area contributed by atoms with Crippen molar-refractivity contribution >= 4 is 11.8 Å². The van der Waals surface area contributed by atoms with Crippen LogP contribution in [0, 0.1) is 17.3 Å². The minimum atomic E-state index is -1.30. The summed E-state index contributed by atoms with van der Waals surface area (Å²) in [7, 11) is 0. The average Bonchev–Trinajstić information content (AvgIpc) is 2.12. The molecule has 3 heteroatoms. The van der Waals surface area contributed by atoms with Crippen LogP contribution in [0.25, 0.3) is 0 Å². The lowest BCUT2D eigenvalue weighted by atomic mass is 9.71. The van der Waals surface area contributed by atoms with Gasteiger partial charge in [-0.1, -0.05) is 41.0 Å². The van der Waals surface area contributed by atoms with Crippen LogP contribution in [0.3, 0.4) is 0 Å². The van der Waals surface area contributed by atoms with Crippen LogP contribution in [0.5, 0.6) is 0 Å². The van der Waals surface area contributed by atoms with Crippen LogP contribution in [0.4, 0.5) is 0 Å². The van der Waals surface area contributed by atoms with Crippen molar-refractivity contribution in [2.45, 2.75) is 47.5 Å². The van der Waals surface area contributed by atoms with E-state index in [0.717, 1.165) is 6.42 Å². The maximum atomic E-state index is 11.6. The zero-order chi connectivity index (χ0) is 12.2. The van der Waals surface area contributed by atoms with Gasteiger partial charge in [-0.15, -0.1) is 0 Å². The first-order chi connectivity index (χ1) is 6.72. The second-order valence-electron chi connectivity index (χ2n) is 5.19. The molecule has 0 aliphatic carbocycles. The Kier molecular flexibility index (Phi) is 4.98. The van der Waals surface area contributed by atoms with Gasteiger partial charge in [-0.2, -0.15) is 0 Å². The molecule has 0 bridgehead atoms. The summed E-state index contributed by atoms with van der Waals surface area (Å²) in [4.78, 5) is 22.3. The van der Waals surface area contributed by atoms with E-state index in [9.17, 15) is 9.59 Å². The highest BCUT2D eigenvalue weighted by atomic mass is 16.4. The second kappa shape index (κ2) is 5.29. The van der Waals surface area contributed by atoms with E-state index in [4.69, 9.17) is 5.11 Å². The predicted molar refractivity (Wildman–Crippen MR) is 59.7 cm³/mol. The summed E-state index contributed by atoms with van der Waals surface area (Å²) in [5.74, 6) is -1.98. The number of Topliss-reactive ketones (excluding diaryl/α,β-unsaturated/α-hetero) is 1. The van der Waals surface area contributed by atoms with Gasteiger partial charge in [0.05, 0.1) is 0 Å². The van der Waals surface area contributed by atoms with Gasteiger partial charge in [0, 0.05) is 5.92 Å². The highest BCUT2D eigenvalue weighted by molar-refractivity contribution is 6.33. The fourth-order valence-corrected chi connectivity index (χ4v) is 1.65. The Labute approximate surface area is 91.9 Å². The monoisotopic (exact) mass is 214 g/mol. The van der Waals surface area contributed by atoms with Crippen LogP contribution in [0.2, 0.25) is 0 Å². The van der Waals surface area contributed by atoms with Crippen molar-refractivity contribution in [3.63, 3.8) is 0 Å². The Morgan fingerprint density at radius 2 is 1.73 bits per heavy atom. The van der Waals surface area contributed by atoms with Gasteiger partial charge < -0.3 is 5.11 Å². The molecule has 1 atom stereocenters. The predicted octanol–water partition coefficient (Wildman–Crippen LogP) is 2.74. The number of rotatable bonds is 6. The fraction of sp³-hybridized carbons (Fsp3) is 0.833. The van der Waals surface area contributed by atoms with Gasteiger partial charge in [0.25, 0.3) is 0 Å². The number of carboxylic acid groups (broad SMARTS) is 1. The van der Waals surface area contributed by atoms with Crippen molar-refractivity contribution in [2.24, 2.45) is 17.3 Å². The third-order valence-corrected chi connectivity index (χ3v) is 3.09. The van der Waals surface area contributed by atoms with Crippen molar-refractivity contribution < 1.29 is 14.7 Å². The molecule has 0 aliphatic rings. The van der Waals surface area contributed by atoms with E-state index < -0.39 is 11.8 Å². The summed E-state index contributed by atoms with van der Waals surface area (Å²) in [6, 6.07) is 0. The first-order valence-corrected chi connectivity index (χ1v) is 5.49. The van der Waals surface area contributed by atoms with E-state index >= 15 is 0 Å². The number of hydrogen-bond acceptors (Lipinski definition) is 2. The van der Waals surface area contributed by atoms with E-state index in [2.05, 4.69) is 0 Å². The molecule has 0 heterocycles. The Balaban J connectivity index is 4.89. The zero-order valence-electron chi connectivity index (χ0n) is 10.3. The molecule has 1 unspecified atom stereocenters. The lowest BCUT2D eigenvalue weighted by molar-refractivity contribution is -0.153. The van der Waals surface area contributed by atoms with Gasteiger partial charge in [-0.25, -0.2) is 4.79 Å². The molecule has 0 spiro atoms. The normalized spacial score (nSPS) is 14.0. The molecule has 3 nitrogen and oxygen atoms in total. The molecule has 88 valence electrons. The maximum Gasteiger partial charge on any atom is 0.372 e. The van der Waals surface area contributed by atoms with Crippen LogP contribution in [-0.2, 0) is 9.59 Å². The molecule has 15 heavy (non-hydrogen) atoms. The molecule has 0 saturated heterocycles. The summed E-state index contributed by atoms with van der Waals surface area (Å²) in [5.41, 5.74) is -0.236. The van der Waals surface area contributed by atoms with Crippen LogP contribution < -0.4 is 0 Å². The van der Waals surface area contributed by atoms with Crippen LogP contribution >= 0.6 is 0 Å². The largest absolute Gasteiger partial charge is 0.475 e. The molecule has 0 fully saturated rings. The minimum absolute atomic E-state index is 0.236. The number of aliphatic carboxylic acids is 1. The number of carbonyl (C=O) groups is 2. The summed E-state index contributed by atoms with van der Waals surface area (Å²) in [5, 5.41) is 8.77. The van der Waals surface area contributed by atoms with E-state index in [0.29, 0.717) is 12.3 Å². The lowest BCUT2D eigenvalue weighted by Gasteiger charge is -2.32. The van der Waals surface area contributed by atoms with Gasteiger partial charge in [0.2, 0.25) is 5.78 Å². The van der Waals surface area contributed by atoms with E-state index in [1.165, 1.54) is 0 Å². The smallest absolute Gasteiger partial charge is 0.372 e. The standard InChI is InChI=1S/C12H22O3/c1-6-12(4,5)9(7-8(2)3)10(13)11(14)15/h8-9H,6-7H2,1-5H3,(H,14,15). The molecule has 0 radical (unpaired) electrons. The molecule has 0 rings (SSSR count). The number of carbonyl (C=O) groups excluding carboxylic acids is 1. The number of hydrogen-bond donors (Lipinski definition) is 1. The third-order valence-electron chi connectivity index (χ3n) is 3.09. The van der Waals surface area contributed by atoms with E-state index in [1.807, 2.05) is 34.6 Å². The molecule has 1 N–H and O–H groups in total. The van der Waals surface area contributed by atoms with Crippen LogP contribution in [0.1, 0.15) is 47.5 Å². The summed E-state index contributed by atoms with van der Waals surface area (Å²) >= 11 is 0. The van der Waals surface area contributed by atoms with Gasteiger partial charge in [0.1, 0.15) is 0 Å². The Bertz CT molecular complexity index is 241. The second-order valence-corrected chi connectivity index (χ2v) is 5.19. The molecule has 0 aromatic carbocycles. The van der Waals surface area contributed by atoms with Crippen molar-refractivity contribution in [2.75, 3.05) is 0 Å². The molecule has 0 saturated carbocycles. The molecular formula is C12H22O3. The van der Waals surface area contributed by atoms with Crippen molar-refractivity contribution in [3.8, 4) is 0 Å². The summed E-state index contributed by atoms with van der Waals surface area (Å²) in [6.07, 6.45) is 1.45. The van der Waals surface area contributed by atoms with E-state index in [-0.39, 0.29) is 11.3 Å². The summed E-state index contributed by atoms with van der Waals surface area (Å²) < 4.78 is 0. The van der Waals surface area contributed by atoms with Crippen LogP contribution in [-0.4, -0.2) is 16.9 Å². The summed E-state index contributed by atoms with van der Waals surface area (Å²) in [6.45, 7) is 9.92. The zero-order valence-corrected chi connectivity index (χ0v) is 10.3. The minimum Gasteiger partial charge on any atom is -0.475 e. The topological polar surface area (TPSA) is 54.4 Å². The number of carboxylic acids is 1. The first kappa shape index (κ1) is 14.1. The molecule has 0 aromatic heterocycles. The SMILES string of the molecule is CCC(C)(C)C(CC(C)C)C(=O)C(=O)O. The maximum absolute atomic E-state index is 11.6. The molecule has 0 amide bonds. The average molecular weight is 214 g/mol. The molecule has 0 aromatic rings. The molecule has 0 aliphatic heterocycles. The number of ketones is 1. The Hall–Kier alpha value is -0.860. The Morgan fingerprint density at radius 3 is 2.00 bits per heavy atom. The van der Waals surface area contributed by atoms with Gasteiger partial charge in [-0.05, 0) is 17.8 Å². The highest BCUT2D eigenvalue weighted by Gasteiger charge is 2.37. The lowest BCUT2D eigenvalue weighted by Crippen LogP contribution is -2.36. The van der Waals surface area contributed by atoms with Crippen LogP contribution in [0.15, 0.2) is 0 Å². The molecular weight excluding hydrogens is 192 g/mol. The highest BCUT2D eigenvalue weighted by Crippen LogP contribution is 2.35. The quantitative estimate of drug-likeness (QED) is 0.692. The third kappa shape index (κ3) is 4.02. The van der Waals surface area contributed by atoms with Gasteiger partial charge >= 0.3 is 5.97 Å². The van der Waals surface area contributed by atoms with Crippen molar-refractivity contribution in [1.82, 2.24) is 0 Å². The fourth-order valence-electron chi connectivity index (χ4n) is 1.65. The van der Waals surface area contributed by atoms with Gasteiger partial charge in [0.15, 0.2) is 0 Å². The van der Waals surface area contributed by atoms with Crippen molar-refractivity contribution in [1.29, 1.82) is 0 Å². The Morgan fingerprint density at radius 1 is 1.27 bits per heavy atom. The first-order valence-electron chi connectivity index (χ1n) is 5.49. The van der Waals surface area contributed by atoms with Gasteiger partial charge in [-0.3, -0.25) is 4.79 Å². The van der Waals surface area contributed by atoms with Crippen molar-refractivity contribution in [3.05, 3.63) is 0 Å².